The van der Waals surface area contributed by atoms with E-state index >= 15 is 0 Å². The fourth-order valence-electron chi connectivity index (χ4n) is 3.99. The van der Waals surface area contributed by atoms with Crippen molar-refractivity contribution >= 4 is 11.9 Å². The van der Waals surface area contributed by atoms with Crippen LogP contribution in [0.15, 0.2) is 36.5 Å². The van der Waals surface area contributed by atoms with Crippen LogP contribution in [0.5, 0.6) is 0 Å². The molecule has 1 aromatic heterocycles. The Hall–Kier alpha value is -2.90. The number of amides is 3. The Labute approximate surface area is 169 Å². The number of nitrogens with zero attached hydrogens (tertiary/aromatic N) is 4. The first-order valence-corrected chi connectivity index (χ1v) is 10.3. The highest BCUT2D eigenvalue weighted by Gasteiger charge is 2.27. The fraction of sp³-hybridized carbons (Fsp3) is 0.476. The highest BCUT2D eigenvalue weighted by atomic mass is 19.1. The van der Waals surface area contributed by atoms with Crippen LogP contribution in [-0.4, -0.2) is 63.7 Å². The second kappa shape index (κ2) is 8.63. The van der Waals surface area contributed by atoms with E-state index in [1.54, 1.807) is 34.2 Å². The van der Waals surface area contributed by atoms with Crippen LogP contribution in [0.25, 0.3) is 5.69 Å². The van der Waals surface area contributed by atoms with Crippen LogP contribution in [0, 0.1) is 5.82 Å². The molecular weight excluding hydrogens is 373 g/mol. The Morgan fingerprint density at radius 2 is 1.72 bits per heavy atom. The molecule has 1 aliphatic heterocycles. The number of benzene rings is 1. The number of urea groups is 1. The summed E-state index contributed by atoms with van der Waals surface area (Å²) in [5.41, 5.74) is 0.877. The first kappa shape index (κ1) is 19.4. The molecule has 4 rings (SSSR count). The number of piperazine rings is 1. The largest absolute Gasteiger partial charge is 0.335 e. The van der Waals surface area contributed by atoms with Crippen LogP contribution < -0.4 is 5.32 Å². The van der Waals surface area contributed by atoms with Gasteiger partial charge in [-0.25, -0.2) is 13.9 Å². The summed E-state index contributed by atoms with van der Waals surface area (Å²) in [7, 11) is 0. The number of aromatic nitrogens is 2. The number of halogens is 1. The van der Waals surface area contributed by atoms with E-state index in [1.165, 1.54) is 36.1 Å². The van der Waals surface area contributed by atoms with Gasteiger partial charge >= 0.3 is 6.03 Å². The minimum absolute atomic E-state index is 0.0284. The first-order chi connectivity index (χ1) is 14.1. The van der Waals surface area contributed by atoms with Gasteiger partial charge in [-0.1, -0.05) is 25.3 Å². The van der Waals surface area contributed by atoms with E-state index in [0.717, 1.165) is 12.8 Å². The fourth-order valence-corrected chi connectivity index (χ4v) is 3.99. The summed E-state index contributed by atoms with van der Waals surface area (Å²) in [5, 5.41) is 7.42. The van der Waals surface area contributed by atoms with Crippen molar-refractivity contribution in [2.75, 3.05) is 26.2 Å². The second-order valence-electron chi connectivity index (χ2n) is 7.69. The number of hydrogen-bond acceptors (Lipinski definition) is 3. The lowest BCUT2D eigenvalue weighted by atomic mass is 9.96. The van der Waals surface area contributed by atoms with E-state index in [2.05, 4.69) is 10.4 Å². The smallest absolute Gasteiger partial charge is 0.317 e. The van der Waals surface area contributed by atoms with Crippen molar-refractivity contribution in [3.63, 3.8) is 0 Å². The molecule has 2 aromatic rings. The molecule has 2 fully saturated rings. The van der Waals surface area contributed by atoms with Crippen molar-refractivity contribution < 1.29 is 14.0 Å². The van der Waals surface area contributed by atoms with Gasteiger partial charge in [-0.15, -0.1) is 0 Å². The van der Waals surface area contributed by atoms with Crippen molar-refractivity contribution in [2.24, 2.45) is 0 Å². The summed E-state index contributed by atoms with van der Waals surface area (Å²) in [4.78, 5) is 28.7. The Kier molecular flexibility index (Phi) is 5.78. The Bertz CT molecular complexity index is 869. The molecule has 0 radical (unpaired) electrons. The summed E-state index contributed by atoms with van der Waals surface area (Å²) < 4.78 is 14.9. The summed E-state index contributed by atoms with van der Waals surface area (Å²) in [6.07, 6.45) is 7.36. The third-order valence-corrected chi connectivity index (χ3v) is 5.67. The summed E-state index contributed by atoms with van der Waals surface area (Å²) in [6, 6.07) is 7.95. The molecule has 3 amide bonds. The minimum atomic E-state index is -0.353. The van der Waals surface area contributed by atoms with Crippen molar-refractivity contribution in [2.45, 2.75) is 38.1 Å². The zero-order valence-electron chi connectivity index (χ0n) is 16.4. The van der Waals surface area contributed by atoms with Crippen LogP contribution in [-0.2, 0) is 0 Å². The number of carbonyl (C=O) groups excluding carboxylic acids is 2. The monoisotopic (exact) mass is 399 g/mol. The van der Waals surface area contributed by atoms with Gasteiger partial charge in [-0.05, 0) is 37.1 Å². The van der Waals surface area contributed by atoms with Gasteiger partial charge in [0.15, 0.2) is 5.69 Å². The Morgan fingerprint density at radius 3 is 2.45 bits per heavy atom. The zero-order valence-corrected chi connectivity index (χ0v) is 16.4. The van der Waals surface area contributed by atoms with Gasteiger partial charge in [0.05, 0.1) is 5.69 Å². The molecule has 2 aliphatic rings. The summed E-state index contributed by atoms with van der Waals surface area (Å²) >= 11 is 0. The molecule has 29 heavy (non-hydrogen) atoms. The standard InChI is InChI=1S/C21H26FN5O2/c22-16-5-4-8-18(15-16)27-10-9-19(24-27)20(28)25-11-13-26(14-12-25)21(29)23-17-6-2-1-3-7-17/h4-5,8-10,15,17H,1-3,6-7,11-14H2,(H,23,29). The topological polar surface area (TPSA) is 70.5 Å². The zero-order chi connectivity index (χ0) is 20.2. The van der Waals surface area contributed by atoms with E-state index in [-0.39, 0.29) is 23.8 Å². The maximum atomic E-state index is 13.4. The van der Waals surface area contributed by atoms with Crippen LogP contribution in [0.4, 0.5) is 9.18 Å². The molecule has 154 valence electrons. The lowest BCUT2D eigenvalue weighted by Crippen LogP contribution is -2.54. The van der Waals surface area contributed by atoms with E-state index in [1.807, 2.05) is 0 Å². The van der Waals surface area contributed by atoms with Gasteiger partial charge in [-0.2, -0.15) is 5.10 Å². The van der Waals surface area contributed by atoms with Gasteiger partial charge in [0.25, 0.3) is 5.91 Å². The van der Waals surface area contributed by atoms with Gasteiger partial charge in [0, 0.05) is 38.4 Å². The maximum Gasteiger partial charge on any atom is 0.317 e. The summed E-state index contributed by atoms with van der Waals surface area (Å²) in [6.45, 7) is 1.97. The predicted octanol–water partition coefficient (Wildman–Crippen LogP) is 2.81. The lowest BCUT2D eigenvalue weighted by molar-refractivity contribution is 0.0656. The van der Waals surface area contributed by atoms with Crippen LogP contribution in [0.3, 0.4) is 0 Å². The third kappa shape index (κ3) is 4.58. The Balaban J connectivity index is 1.31. The quantitative estimate of drug-likeness (QED) is 0.863. The number of rotatable bonds is 3. The predicted molar refractivity (Wildman–Crippen MR) is 106 cm³/mol. The molecular formula is C21H26FN5O2. The highest BCUT2D eigenvalue weighted by Crippen LogP contribution is 2.18. The molecule has 7 nitrogen and oxygen atoms in total. The number of nitrogens with one attached hydrogen (secondary N) is 1. The van der Waals surface area contributed by atoms with E-state index in [4.69, 9.17) is 0 Å². The third-order valence-electron chi connectivity index (χ3n) is 5.67. The van der Waals surface area contributed by atoms with E-state index in [9.17, 15) is 14.0 Å². The lowest BCUT2D eigenvalue weighted by Gasteiger charge is -2.35. The average molecular weight is 399 g/mol. The second-order valence-corrected chi connectivity index (χ2v) is 7.69. The molecule has 8 heteroatoms. The molecule has 0 spiro atoms. The molecule has 1 saturated carbocycles. The molecule has 0 bridgehead atoms. The minimum Gasteiger partial charge on any atom is -0.335 e. The number of hydrogen-bond donors (Lipinski definition) is 1. The number of carbonyl (C=O) groups is 2. The average Bonchev–Trinajstić information content (AvgIpc) is 3.24. The van der Waals surface area contributed by atoms with Crippen LogP contribution in [0.2, 0.25) is 0 Å². The summed E-state index contributed by atoms with van der Waals surface area (Å²) in [5.74, 6) is -0.527. The van der Waals surface area contributed by atoms with E-state index < -0.39 is 0 Å². The first-order valence-electron chi connectivity index (χ1n) is 10.3. The maximum absolute atomic E-state index is 13.4. The molecule has 0 atom stereocenters. The molecule has 2 heterocycles. The molecule has 1 N–H and O–H groups in total. The van der Waals surface area contributed by atoms with Gasteiger partial charge in [0.1, 0.15) is 5.82 Å². The molecule has 1 aliphatic carbocycles. The highest BCUT2D eigenvalue weighted by molar-refractivity contribution is 5.92. The van der Waals surface area contributed by atoms with Crippen molar-refractivity contribution in [1.82, 2.24) is 24.9 Å². The van der Waals surface area contributed by atoms with Gasteiger partial charge in [-0.3, -0.25) is 4.79 Å². The molecule has 1 saturated heterocycles. The molecule has 1 aromatic carbocycles. The van der Waals surface area contributed by atoms with Crippen molar-refractivity contribution in [3.05, 3.63) is 48.0 Å². The normalized spacial score (nSPS) is 18.0. The SMILES string of the molecule is O=C(NC1CCCCC1)N1CCN(C(=O)c2ccn(-c3cccc(F)c3)n2)CC1. The van der Waals surface area contributed by atoms with E-state index in [0.29, 0.717) is 37.6 Å². The van der Waals surface area contributed by atoms with Crippen LogP contribution in [0.1, 0.15) is 42.6 Å². The molecule has 0 unspecified atom stereocenters. The van der Waals surface area contributed by atoms with Crippen molar-refractivity contribution in [1.29, 1.82) is 0 Å². The Morgan fingerprint density at radius 1 is 1.00 bits per heavy atom. The van der Waals surface area contributed by atoms with Crippen LogP contribution >= 0.6 is 0 Å². The van der Waals surface area contributed by atoms with Gasteiger partial charge in [0.2, 0.25) is 0 Å². The van der Waals surface area contributed by atoms with Gasteiger partial charge < -0.3 is 15.1 Å². The van der Waals surface area contributed by atoms with Crippen molar-refractivity contribution in [3.8, 4) is 5.69 Å².